The van der Waals surface area contributed by atoms with E-state index in [2.05, 4.69) is 0 Å². The van der Waals surface area contributed by atoms with Gasteiger partial charge in [0.15, 0.2) is 28.4 Å². The monoisotopic (exact) mass is 499 g/mol. The summed E-state index contributed by atoms with van der Waals surface area (Å²) in [5.74, 6) is 2.14. The molecule has 0 saturated heterocycles. The van der Waals surface area contributed by atoms with Crippen LogP contribution in [0.15, 0.2) is 69.9 Å². The zero-order chi connectivity index (χ0) is 25.5. The molecule has 3 heterocycles. The van der Waals surface area contributed by atoms with Crippen molar-refractivity contribution in [2.45, 2.75) is 26.4 Å². The quantitative estimate of drug-likeness (QED) is 0.351. The predicted molar refractivity (Wildman–Crippen MR) is 136 cm³/mol. The van der Waals surface area contributed by atoms with Crippen LogP contribution in [0, 0.1) is 0 Å². The van der Waals surface area contributed by atoms with Gasteiger partial charge in [-0.1, -0.05) is 24.3 Å². The molecule has 8 nitrogen and oxygen atoms in total. The van der Waals surface area contributed by atoms with Gasteiger partial charge in [0.05, 0.1) is 30.2 Å². The van der Waals surface area contributed by atoms with Crippen LogP contribution < -0.4 is 24.4 Å². The van der Waals surface area contributed by atoms with Gasteiger partial charge in [0.25, 0.3) is 5.91 Å². The van der Waals surface area contributed by atoms with Gasteiger partial charge in [-0.2, -0.15) is 0 Å². The second-order valence-electron chi connectivity index (χ2n) is 8.77. The highest BCUT2D eigenvalue weighted by Gasteiger charge is 2.43. The first-order valence-electron chi connectivity index (χ1n) is 12.2. The Hall–Kier alpha value is -4.46. The van der Waals surface area contributed by atoms with Crippen LogP contribution in [-0.4, -0.2) is 30.8 Å². The lowest BCUT2D eigenvalue weighted by Gasteiger charge is -2.26. The molecule has 1 aromatic heterocycles. The lowest BCUT2D eigenvalue weighted by molar-refractivity contribution is 0.0714. The third kappa shape index (κ3) is 3.85. The van der Waals surface area contributed by atoms with Crippen LogP contribution in [0.25, 0.3) is 11.0 Å². The van der Waals surface area contributed by atoms with E-state index in [1.165, 1.54) is 0 Å². The lowest BCUT2D eigenvalue weighted by atomic mass is 9.97. The van der Waals surface area contributed by atoms with E-state index in [4.69, 9.17) is 23.4 Å². The molecule has 0 bridgehead atoms. The Balaban J connectivity index is 1.51. The highest BCUT2D eigenvalue weighted by atomic mass is 16.7. The second kappa shape index (κ2) is 9.20. The summed E-state index contributed by atoms with van der Waals surface area (Å²) in [5, 5.41) is 0.431. The van der Waals surface area contributed by atoms with Crippen LogP contribution in [0.3, 0.4) is 0 Å². The minimum absolute atomic E-state index is 0.0567. The minimum Gasteiger partial charge on any atom is -0.490 e. The summed E-state index contributed by atoms with van der Waals surface area (Å²) in [5.41, 5.74) is 2.03. The van der Waals surface area contributed by atoms with Crippen LogP contribution in [0.4, 0.5) is 0 Å². The fraction of sp³-hybridized carbons (Fsp3) is 0.241. The molecule has 2 aliphatic heterocycles. The number of amides is 1. The average molecular weight is 500 g/mol. The molecular weight excluding hydrogens is 474 g/mol. The number of carbonyl (C=O) groups is 1. The normalized spacial score (nSPS) is 15.8. The van der Waals surface area contributed by atoms with Crippen molar-refractivity contribution in [3.63, 3.8) is 0 Å². The van der Waals surface area contributed by atoms with Gasteiger partial charge in [-0.15, -0.1) is 0 Å². The largest absolute Gasteiger partial charge is 0.490 e. The van der Waals surface area contributed by atoms with Crippen LogP contribution in [-0.2, 0) is 6.54 Å². The second-order valence-corrected chi connectivity index (χ2v) is 8.77. The molecule has 0 aliphatic carbocycles. The molecule has 8 heteroatoms. The van der Waals surface area contributed by atoms with Crippen molar-refractivity contribution >= 4 is 16.9 Å². The molecule has 188 valence electrons. The fourth-order valence-corrected chi connectivity index (χ4v) is 4.95. The van der Waals surface area contributed by atoms with Crippen molar-refractivity contribution < 1.29 is 28.2 Å². The zero-order valence-corrected chi connectivity index (χ0v) is 20.5. The molecule has 0 fully saturated rings. The molecule has 0 spiro atoms. The van der Waals surface area contributed by atoms with E-state index >= 15 is 0 Å². The van der Waals surface area contributed by atoms with Crippen molar-refractivity contribution in [3.05, 3.63) is 93.3 Å². The van der Waals surface area contributed by atoms with Crippen LogP contribution in [0.1, 0.15) is 47.1 Å². The summed E-state index contributed by atoms with van der Waals surface area (Å²) >= 11 is 0. The molecule has 0 N–H and O–H groups in total. The maximum atomic E-state index is 13.8. The van der Waals surface area contributed by atoms with E-state index < -0.39 is 6.04 Å². The van der Waals surface area contributed by atoms with Crippen molar-refractivity contribution in [3.8, 4) is 23.0 Å². The third-order valence-corrected chi connectivity index (χ3v) is 6.55. The lowest BCUT2D eigenvalue weighted by Crippen LogP contribution is -2.29. The molecular formula is C29H25NO7. The van der Waals surface area contributed by atoms with E-state index in [-0.39, 0.29) is 30.4 Å². The number of benzene rings is 3. The first-order valence-corrected chi connectivity index (χ1v) is 12.2. The van der Waals surface area contributed by atoms with Crippen molar-refractivity contribution in [1.29, 1.82) is 0 Å². The number of fused-ring (bicyclic) bond motifs is 3. The van der Waals surface area contributed by atoms with E-state index in [0.717, 1.165) is 11.1 Å². The Kier molecular flexibility index (Phi) is 5.71. The summed E-state index contributed by atoms with van der Waals surface area (Å²) < 4.78 is 28.6. The van der Waals surface area contributed by atoms with Gasteiger partial charge < -0.3 is 28.3 Å². The smallest absolute Gasteiger partial charge is 0.291 e. The van der Waals surface area contributed by atoms with Crippen molar-refractivity contribution in [2.75, 3.05) is 20.0 Å². The molecule has 1 unspecified atom stereocenters. The molecule has 4 aromatic rings. The Morgan fingerprint density at radius 3 is 2.51 bits per heavy atom. The summed E-state index contributed by atoms with van der Waals surface area (Å²) in [6.07, 6.45) is 0. The fourth-order valence-electron chi connectivity index (χ4n) is 4.95. The number of carbonyl (C=O) groups excluding carboxylic acids is 1. The Labute approximate surface area is 212 Å². The van der Waals surface area contributed by atoms with Gasteiger partial charge >= 0.3 is 0 Å². The molecule has 0 saturated carbocycles. The Bertz CT molecular complexity index is 1570. The van der Waals surface area contributed by atoms with Crippen molar-refractivity contribution in [2.24, 2.45) is 0 Å². The van der Waals surface area contributed by atoms with E-state index in [0.29, 0.717) is 52.7 Å². The molecule has 2 aliphatic rings. The number of rotatable bonds is 7. The van der Waals surface area contributed by atoms with Gasteiger partial charge in [0.1, 0.15) is 5.58 Å². The first-order chi connectivity index (χ1) is 18.1. The van der Waals surface area contributed by atoms with Crippen LogP contribution >= 0.6 is 0 Å². The molecule has 37 heavy (non-hydrogen) atoms. The van der Waals surface area contributed by atoms with Crippen molar-refractivity contribution in [1.82, 2.24) is 4.90 Å². The van der Waals surface area contributed by atoms with Gasteiger partial charge in [0.2, 0.25) is 12.6 Å². The molecule has 3 aromatic carbocycles. The molecule has 0 radical (unpaired) electrons. The number of hydrogen-bond acceptors (Lipinski definition) is 7. The van der Waals surface area contributed by atoms with Gasteiger partial charge in [0, 0.05) is 6.54 Å². The summed E-state index contributed by atoms with van der Waals surface area (Å²) in [6, 6.07) is 17.4. The van der Waals surface area contributed by atoms with E-state index in [1.54, 1.807) is 29.2 Å². The third-order valence-electron chi connectivity index (χ3n) is 6.55. The predicted octanol–water partition coefficient (Wildman–Crippen LogP) is 5.06. The maximum absolute atomic E-state index is 13.8. The average Bonchev–Trinajstić information content (AvgIpc) is 3.48. The summed E-state index contributed by atoms with van der Waals surface area (Å²) in [4.78, 5) is 29.2. The van der Waals surface area contributed by atoms with Gasteiger partial charge in [-0.25, -0.2) is 0 Å². The number of ether oxygens (including phenoxy) is 4. The number of hydrogen-bond donors (Lipinski definition) is 0. The number of para-hydroxylation sites is 1. The van der Waals surface area contributed by atoms with Crippen LogP contribution in [0.5, 0.6) is 23.0 Å². The first kappa shape index (κ1) is 23.0. The van der Waals surface area contributed by atoms with E-state index in [9.17, 15) is 9.59 Å². The summed E-state index contributed by atoms with van der Waals surface area (Å²) in [7, 11) is 0. The molecule has 6 rings (SSSR count). The Morgan fingerprint density at radius 1 is 0.892 bits per heavy atom. The maximum Gasteiger partial charge on any atom is 0.291 e. The highest BCUT2D eigenvalue weighted by molar-refractivity contribution is 5.99. The SMILES string of the molecule is CCOc1ccc(C2c3c(oc4ccccc4c3=O)C(=O)N2Cc2ccc3c(c2)OCO3)cc1OCC. The molecule has 1 atom stereocenters. The van der Waals surface area contributed by atoms with Gasteiger partial charge in [-0.05, 0) is 61.4 Å². The van der Waals surface area contributed by atoms with E-state index in [1.807, 2.05) is 50.2 Å². The Morgan fingerprint density at radius 2 is 1.68 bits per heavy atom. The minimum atomic E-state index is -0.677. The highest BCUT2D eigenvalue weighted by Crippen LogP contribution is 2.42. The standard InChI is InChI=1S/C29H25NO7/c1-3-33-21-12-10-18(14-24(21)34-4-2)26-25-27(31)19-7-5-6-8-20(19)37-28(25)29(32)30(26)15-17-9-11-22-23(13-17)36-16-35-22/h5-14,26H,3-4,15-16H2,1-2H3. The number of nitrogens with zero attached hydrogens (tertiary/aromatic N) is 1. The van der Waals surface area contributed by atoms with Gasteiger partial charge in [-0.3, -0.25) is 9.59 Å². The van der Waals surface area contributed by atoms with Crippen LogP contribution in [0.2, 0.25) is 0 Å². The summed E-state index contributed by atoms with van der Waals surface area (Å²) in [6.45, 7) is 5.11. The topological polar surface area (TPSA) is 87.4 Å². The molecule has 1 amide bonds. The zero-order valence-electron chi connectivity index (χ0n) is 20.5.